The maximum Gasteiger partial charge on any atom is 0.222 e. The third kappa shape index (κ3) is 6.62. The van der Waals surface area contributed by atoms with E-state index in [1.165, 1.54) is 0 Å². The van der Waals surface area contributed by atoms with Crippen molar-refractivity contribution in [2.24, 2.45) is 5.73 Å². The van der Waals surface area contributed by atoms with Gasteiger partial charge in [0, 0.05) is 42.3 Å². The molecule has 15 heavy (non-hydrogen) atoms. The van der Waals surface area contributed by atoms with Crippen LogP contribution in [0.4, 0.5) is 0 Å². The third-order valence-corrected chi connectivity index (χ3v) is 4.08. The molecule has 0 rings (SSSR count). The van der Waals surface area contributed by atoms with Crippen molar-refractivity contribution in [3.05, 3.63) is 0 Å². The molecular weight excluding hydrogens is 212 g/mol. The first-order chi connectivity index (χ1) is 6.99. The Labute approximate surface area is 94.7 Å². The predicted molar refractivity (Wildman–Crippen MR) is 64.1 cm³/mol. The van der Waals surface area contributed by atoms with Crippen LogP contribution in [0.3, 0.4) is 0 Å². The summed E-state index contributed by atoms with van der Waals surface area (Å²) in [6.07, 6.45) is 1.96. The smallest absolute Gasteiger partial charge is 0.222 e. The van der Waals surface area contributed by atoms with Gasteiger partial charge in [-0.15, -0.1) is 0 Å². The highest BCUT2D eigenvalue weighted by Crippen LogP contribution is 2.04. The summed E-state index contributed by atoms with van der Waals surface area (Å²) >= 11 is 0. The average molecular weight is 234 g/mol. The molecule has 0 aliphatic carbocycles. The molecule has 0 aromatic heterocycles. The van der Waals surface area contributed by atoms with Crippen molar-refractivity contribution in [3.8, 4) is 0 Å². The minimum Gasteiger partial charge on any atom is -0.349 e. The van der Waals surface area contributed by atoms with E-state index in [1.54, 1.807) is 19.0 Å². The van der Waals surface area contributed by atoms with E-state index in [4.69, 9.17) is 5.73 Å². The number of hydrogen-bond acceptors (Lipinski definition) is 3. The number of amides is 1. The standard InChI is InChI=1S/C10H22N2O2S/c1-9(6-7-11)15(14)8-4-5-10(13)12(2)3/h9H,4-8,11H2,1-3H3. The van der Waals surface area contributed by atoms with Gasteiger partial charge in [-0.3, -0.25) is 9.00 Å². The summed E-state index contributed by atoms with van der Waals surface area (Å²) in [5.74, 6) is 0.694. The number of nitrogens with zero attached hydrogens (tertiary/aromatic N) is 1. The number of carbonyl (C=O) groups is 1. The van der Waals surface area contributed by atoms with Crippen molar-refractivity contribution in [3.63, 3.8) is 0 Å². The fraction of sp³-hybridized carbons (Fsp3) is 0.900. The minimum atomic E-state index is -0.845. The molecular formula is C10H22N2O2S. The third-order valence-electron chi connectivity index (χ3n) is 2.26. The zero-order chi connectivity index (χ0) is 11.8. The highest BCUT2D eigenvalue weighted by atomic mass is 32.2. The average Bonchev–Trinajstić information content (AvgIpc) is 2.17. The highest BCUT2D eigenvalue weighted by Gasteiger charge is 2.11. The summed E-state index contributed by atoms with van der Waals surface area (Å²) in [6.45, 7) is 2.51. The second kappa shape index (κ2) is 7.82. The Hall–Kier alpha value is -0.420. The fourth-order valence-electron chi connectivity index (χ4n) is 1.16. The van der Waals surface area contributed by atoms with Crippen LogP contribution in [0.5, 0.6) is 0 Å². The quantitative estimate of drug-likeness (QED) is 0.691. The molecule has 2 N–H and O–H groups in total. The van der Waals surface area contributed by atoms with Crippen LogP contribution < -0.4 is 5.73 Å². The highest BCUT2D eigenvalue weighted by molar-refractivity contribution is 7.85. The molecule has 0 fully saturated rings. The first kappa shape index (κ1) is 14.6. The lowest BCUT2D eigenvalue weighted by Crippen LogP contribution is -2.23. The van der Waals surface area contributed by atoms with Crippen molar-refractivity contribution in [2.45, 2.75) is 31.4 Å². The molecule has 0 aliphatic heterocycles. The first-order valence-corrected chi connectivity index (χ1v) is 6.64. The Bertz CT molecular complexity index is 219. The van der Waals surface area contributed by atoms with Gasteiger partial charge in [0.15, 0.2) is 0 Å². The minimum absolute atomic E-state index is 0.0958. The zero-order valence-corrected chi connectivity index (χ0v) is 10.7. The molecule has 2 unspecified atom stereocenters. The topological polar surface area (TPSA) is 63.4 Å². The molecule has 0 aromatic carbocycles. The van der Waals surface area contributed by atoms with Crippen molar-refractivity contribution in [1.29, 1.82) is 0 Å². The lowest BCUT2D eigenvalue weighted by atomic mass is 10.3. The van der Waals surface area contributed by atoms with Crippen LogP contribution in [-0.4, -0.2) is 46.7 Å². The van der Waals surface area contributed by atoms with Gasteiger partial charge in [-0.05, 0) is 19.4 Å². The fourth-order valence-corrected chi connectivity index (χ4v) is 2.39. The van der Waals surface area contributed by atoms with E-state index in [0.717, 1.165) is 6.42 Å². The molecule has 0 heterocycles. The summed E-state index contributed by atoms with van der Waals surface area (Å²) in [7, 11) is 2.62. The molecule has 0 bridgehead atoms. The molecule has 0 radical (unpaired) electrons. The van der Waals surface area contributed by atoms with Gasteiger partial charge in [0.2, 0.25) is 5.91 Å². The monoisotopic (exact) mass is 234 g/mol. The summed E-state index contributed by atoms with van der Waals surface area (Å²) in [5.41, 5.74) is 5.39. The van der Waals surface area contributed by atoms with Crippen LogP contribution in [0.2, 0.25) is 0 Å². The van der Waals surface area contributed by atoms with E-state index >= 15 is 0 Å². The molecule has 0 saturated carbocycles. The number of rotatable bonds is 7. The SMILES string of the molecule is CC(CCN)S(=O)CCCC(=O)N(C)C. The van der Waals surface area contributed by atoms with E-state index < -0.39 is 10.8 Å². The van der Waals surface area contributed by atoms with Crippen molar-refractivity contribution >= 4 is 16.7 Å². The molecule has 4 nitrogen and oxygen atoms in total. The second-order valence-corrected chi connectivity index (χ2v) is 5.84. The molecule has 1 amide bonds. The van der Waals surface area contributed by atoms with Gasteiger partial charge in [-0.2, -0.15) is 0 Å². The van der Waals surface area contributed by atoms with Crippen LogP contribution in [0.25, 0.3) is 0 Å². The van der Waals surface area contributed by atoms with E-state index in [1.807, 2.05) is 6.92 Å². The maximum absolute atomic E-state index is 11.6. The van der Waals surface area contributed by atoms with Gasteiger partial charge in [-0.1, -0.05) is 6.92 Å². The van der Waals surface area contributed by atoms with Gasteiger partial charge in [0.1, 0.15) is 0 Å². The van der Waals surface area contributed by atoms with Crippen LogP contribution in [0.15, 0.2) is 0 Å². The summed E-state index contributed by atoms with van der Waals surface area (Å²) in [6, 6.07) is 0. The van der Waals surface area contributed by atoms with Gasteiger partial charge in [0.25, 0.3) is 0 Å². The van der Waals surface area contributed by atoms with Crippen LogP contribution in [0.1, 0.15) is 26.2 Å². The number of nitrogens with two attached hydrogens (primary N) is 1. The number of carbonyl (C=O) groups excluding carboxylic acids is 1. The molecule has 0 aromatic rings. The maximum atomic E-state index is 11.6. The van der Waals surface area contributed by atoms with Crippen molar-refractivity contribution in [1.82, 2.24) is 4.90 Å². The Morgan fingerprint density at radius 1 is 1.47 bits per heavy atom. The molecule has 0 aliphatic rings. The van der Waals surface area contributed by atoms with Gasteiger partial charge in [0.05, 0.1) is 0 Å². The zero-order valence-electron chi connectivity index (χ0n) is 9.86. The van der Waals surface area contributed by atoms with Gasteiger partial charge in [-0.25, -0.2) is 0 Å². The Morgan fingerprint density at radius 3 is 2.53 bits per heavy atom. The first-order valence-electron chi connectivity index (χ1n) is 5.26. The van der Waals surface area contributed by atoms with Crippen LogP contribution in [-0.2, 0) is 15.6 Å². The van der Waals surface area contributed by atoms with Crippen LogP contribution >= 0.6 is 0 Å². The molecule has 5 heteroatoms. The lowest BCUT2D eigenvalue weighted by molar-refractivity contribution is -0.128. The Kier molecular flexibility index (Phi) is 7.60. The molecule has 0 spiro atoms. The Balaban J connectivity index is 3.68. The van der Waals surface area contributed by atoms with E-state index in [0.29, 0.717) is 25.1 Å². The van der Waals surface area contributed by atoms with Gasteiger partial charge < -0.3 is 10.6 Å². The van der Waals surface area contributed by atoms with E-state index in [-0.39, 0.29) is 11.2 Å². The lowest BCUT2D eigenvalue weighted by Gasteiger charge is -2.11. The molecule has 2 atom stereocenters. The normalized spacial score (nSPS) is 14.7. The second-order valence-electron chi connectivity index (χ2n) is 3.86. The Morgan fingerprint density at radius 2 is 2.07 bits per heavy atom. The van der Waals surface area contributed by atoms with Crippen LogP contribution in [0, 0.1) is 0 Å². The molecule has 90 valence electrons. The van der Waals surface area contributed by atoms with Crippen molar-refractivity contribution < 1.29 is 9.00 Å². The van der Waals surface area contributed by atoms with Crippen molar-refractivity contribution in [2.75, 3.05) is 26.4 Å². The summed E-state index contributed by atoms with van der Waals surface area (Å²) in [4.78, 5) is 12.8. The number of hydrogen-bond donors (Lipinski definition) is 1. The summed E-state index contributed by atoms with van der Waals surface area (Å²) in [5, 5.41) is 0.143. The predicted octanol–water partition coefficient (Wildman–Crippen LogP) is 0.341. The summed E-state index contributed by atoms with van der Waals surface area (Å²) < 4.78 is 11.6. The largest absolute Gasteiger partial charge is 0.349 e. The van der Waals surface area contributed by atoms with E-state index in [2.05, 4.69) is 0 Å². The van der Waals surface area contributed by atoms with Gasteiger partial charge >= 0.3 is 0 Å². The molecule has 0 saturated heterocycles. The van der Waals surface area contributed by atoms with E-state index in [9.17, 15) is 9.00 Å².